The summed E-state index contributed by atoms with van der Waals surface area (Å²) in [6, 6.07) is 0. The second kappa shape index (κ2) is 10.3. The van der Waals surface area contributed by atoms with Crippen molar-refractivity contribution < 1.29 is 4.28 Å². The molecule has 3 nitrogen and oxygen atoms in total. The van der Waals surface area contributed by atoms with Crippen LogP contribution in [0, 0.1) is 0 Å². The van der Waals surface area contributed by atoms with E-state index in [4.69, 9.17) is 4.28 Å². The zero-order valence-corrected chi connectivity index (χ0v) is 12.3. The number of hydrogen-bond donors (Lipinski definition) is 1. The summed E-state index contributed by atoms with van der Waals surface area (Å²) in [4.78, 5) is 0. The third-order valence-corrected chi connectivity index (χ3v) is 3.59. The Kier molecular flexibility index (Phi) is 8.86. The van der Waals surface area contributed by atoms with Crippen molar-refractivity contribution in [2.75, 3.05) is 0 Å². The molecule has 0 spiro atoms. The van der Waals surface area contributed by atoms with E-state index in [1.165, 1.54) is 51.4 Å². The van der Waals surface area contributed by atoms with Crippen LogP contribution in [0.1, 0.15) is 64.7 Å². The number of hydroxylamine groups is 1. The molecule has 0 saturated carbocycles. The molecule has 0 aliphatic carbocycles. The SMILES string of the molecule is C=S1N=C(CCCCCC/C=C\CCCC)NO1. The maximum absolute atomic E-state index is 5.06. The Morgan fingerprint density at radius 2 is 1.89 bits per heavy atom. The smallest absolute Gasteiger partial charge is 0.137 e. The van der Waals surface area contributed by atoms with E-state index < -0.39 is 11.0 Å². The first-order valence-corrected chi connectivity index (χ1v) is 8.30. The molecule has 104 valence electrons. The first-order valence-electron chi connectivity index (χ1n) is 7.03. The Labute approximate surface area is 114 Å². The van der Waals surface area contributed by atoms with E-state index in [0.717, 1.165) is 12.3 Å². The van der Waals surface area contributed by atoms with E-state index in [2.05, 4.69) is 34.8 Å². The predicted molar refractivity (Wildman–Crippen MR) is 82.7 cm³/mol. The minimum Gasteiger partial charge on any atom is -0.238 e. The molecular weight excluding hydrogens is 244 g/mol. The van der Waals surface area contributed by atoms with Crippen molar-refractivity contribution in [1.82, 2.24) is 5.48 Å². The van der Waals surface area contributed by atoms with Gasteiger partial charge in [0.1, 0.15) is 5.84 Å². The van der Waals surface area contributed by atoms with Crippen molar-refractivity contribution in [2.45, 2.75) is 64.7 Å². The minimum atomic E-state index is -0.500. The van der Waals surface area contributed by atoms with E-state index >= 15 is 0 Å². The predicted octanol–water partition coefficient (Wildman–Crippen LogP) is 4.54. The molecule has 0 aromatic rings. The molecule has 0 aromatic heterocycles. The van der Waals surface area contributed by atoms with Gasteiger partial charge < -0.3 is 0 Å². The van der Waals surface area contributed by atoms with E-state index in [-0.39, 0.29) is 0 Å². The summed E-state index contributed by atoms with van der Waals surface area (Å²) >= 11 is 0. The largest absolute Gasteiger partial charge is 0.238 e. The average Bonchev–Trinajstić information content (AvgIpc) is 2.77. The first-order chi connectivity index (χ1) is 8.83. The van der Waals surface area contributed by atoms with E-state index in [9.17, 15) is 0 Å². The van der Waals surface area contributed by atoms with Crippen LogP contribution in [0.4, 0.5) is 0 Å². The lowest BCUT2D eigenvalue weighted by atomic mass is 10.1. The summed E-state index contributed by atoms with van der Waals surface area (Å²) in [5, 5.41) is 0. The highest BCUT2D eigenvalue weighted by Crippen LogP contribution is 2.18. The highest BCUT2D eigenvalue weighted by molar-refractivity contribution is 8.09. The molecule has 4 heteroatoms. The Bertz CT molecular complexity index is 300. The highest BCUT2D eigenvalue weighted by atomic mass is 32.2. The molecule has 0 bridgehead atoms. The van der Waals surface area contributed by atoms with Gasteiger partial charge in [-0.2, -0.15) is 8.68 Å². The maximum atomic E-state index is 5.06. The van der Waals surface area contributed by atoms with Crippen LogP contribution in [0.5, 0.6) is 0 Å². The number of amidine groups is 1. The second-order valence-electron chi connectivity index (χ2n) is 4.61. The Hall–Kier alpha value is -0.610. The number of rotatable bonds is 10. The molecule has 1 heterocycles. The second-order valence-corrected chi connectivity index (χ2v) is 5.60. The van der Waals surface area contributed by atoms with Gasteiger partial charge in [-0.15, -0.1) is 0 Å². The van der Waals surface area contributed by atoms with Gasteiger partial charge in [0, 0.05) is 6.42 Å². The standard InChI is InChI=1S/C14H26N2OS/c1-3-4-5-6-7-8-9-10-11-12-13-14-15-17-18(2)16-14/h6-7H,2-5,8-13H2,1H3,(H,15,16)/b7-6-. The van der Waals surface area contributed by atoms with Crippen molar-refractivity contribution >= 4 is 22.7 Å². The van der Waals surface area contributed by atoms with E-state index in [1.54, 1.807) is 0 Å². The number of allylic oxidation sites excluding steroid dienone is 2. The topological polar surface area (TPSA) is 33.6 Å². The average molecular weight is 270 g/mol. The van der Waals surface area contributed by atoms with Crippen molar-refractivity contribution in [3.05, 3.63) is 12.2 Å². The van der Waals surface area contributed by atoms with Gasteiger partial charge in [-0.1, -0.05) is 44.8 Å². The summed E-state index contributed by atoms with van der Waals surface area (Å²) in [5.74, 6) is 4.70. The Balaban J connectivity index is 1.85. The van der Waals surface area contributed by atoms with Crippen LogP contribution in [0.3, 0.4) is 0 Å². The molecule has 0 aromatic carbocycles. The molecule has 1 aliphatic rings. The third-order valence-electron chi connectivity index (χ3n) is 2.89. The van der Waals surface area contributed by atoms with Gasteiger partial charge in [0.15, 0.2) is 0 Å². The molecule has 0 saturated heterocycles. The lowest BCUT2D eigenvalue weighted by Gasteiger charge is -2.00. The van der Waals surface area contributed by atoms with Gasteiger partial charge in [-0.3, -0.25) is 0 Å². The molecule has 1 unspecified atom stereocenters. The molecule has 1 atom stereocenters. The normalized spacial score (nSPS) is 19.2. The summed E-state index contributed by atoms with van der Waals surface area (Å²) in [5.41, 5.74) is 2.83. The molecule has 18 heavy (non-hydrogen) atoms. The van der Waals surface area contributed by atoms with Crippen LogP contribution < -0.4 is 5.48 Å². The monoisotopic (exact) mass is 270 g/mol. The molecule has 0 amide bonds. The fourth-order valence-electron chi connectivity index (χ4n) is 1.82. The quantitative estimate of drug-likeness (QED) is 0.359. The van der Waals surface area contributed by atoms with Crippen molar-refractivity contribution in [3.63, 3.8) is 0 Å². The van der Waals surface area contributed by atoms with Crippen LogP contribution in [-0.2, 0) is 4.28 Å². The molecule has 1 aliphatic heterocycles. The number of nitrogens with one attached hydrogen (secondary N) is 1. The number of unbranched alkanes of at least 4 members (excludes halogenated alkanes) is 6. The third kappa shape index (κ3) is 7.67. The van der Waals surface area contributed by atoms with Crippen LogP contribution >= 0.6 is 11.0 Å². The molecule has 0 fully saturated rings. The Morgan fingerprint density at radius 3 is 2.56 bits per heavy atom. The van der Waals surface area contributed by atoms with Crippen LogP contribution in [0.25, 0.3) is 0 Å². The van der Waals surface area contributed by atoms with E-state index in [1.807, 2.05) is 0 Å². The van der Waals surface area contributed by atoms with Crippen molar-refractivity contribution in [3.8, 4) is 0 Å². The summed E-state index contributed by atoms with van der Waals surface area (Å²) in [6.07, 6.45) is 15.8. The van der Waals surface area contributed by atoms with Crippen LogP contribution in [0.2, 0.25) is 0 Å². The number of nitrogens with zero attached hydrogens (tertiary/aromatic N) is 1. The van der Waals surface area contributed by atoms with Gasteiger partial charge in [0.2, 0.25) is 0 Å². The van der Waals surface area contributed by atoms with Crippen LogP contribution in [-0.4, -0.2) is 11.7 Å². The summed E-state index contributed by atoms with van der Waals surface area (Å²) < 4.78 is 9.31. The van der Waals surface area contributed by atoms with Crippen molar-refractivity contribution in [1.29, 1.82) is 0 Å². The Morgan fingerprint density at radius 1 is 1.17 bits per heavy atom. The van der Waals surface area contributed by atoms with Gasteiger partial charge in [-0.05, 0) is 31.6 Å². The van der Waals surface area contributed by atoms with Gasteiger partial charge in [0.25, 0.3) is 0 Å². The summed E-state index contributed by atoms with van der Waals surface area (Å²) in [7, 11) is -0.500. The van der Waals surface area contributed by atoms with Gasteiger partial charge in [0.05, 0.1) is 11.0 Å². The maximum Gasteiger partial charge on any atom is 0.137 e. The molecule has 1 N–H and O–H groups in total. The molecule has 0 radical (unpaired) electrons. The zero-order valence-electron chi connectivity index (χ0n) is 11.5. The fraction of sp³-hybridized carbons (Fsp3) is 0.714. The van der Waals surface area contributed by atoms with Crippen molar-refractivity contribution in [2.24, 2.45) is 4.40 Å². The minimum absolute atomic E-state index is 0.500. The molecular formula is C14H26N2OS. The fourth-order valence-corrected chi connectivity index (χ4v) is 2.42. The van der Waals surface area contributed by atoms with Crippen LogP contribution in [0.15, 0.2) is 16.5 Å². The highest BCUT2D eigenvalue weighted by Gasteiger charge is 2.07. The number of hydrogen-bond acceptors (Lipinski definition) is 3. The zero-order chi connectivity index (χ0) is 13.1. The first kappa shape index (κ1) is 15.4. The van der Waals surface area contributed by atoms with Gasteiger partial charge >= 0.3 is 0 Å². The lowest BCUT2D eigenvalue weighted by Crippen LogP contribution is -2.15. The summed E-state index contributed by atoms with van der Waals surface area (Å²) in [6.45, 7) is 2.24. The lowest BCUT2D eigenvalue weighted by molar-refractivity contribution is 0.322. The molecule has 1 rings (SSSR count). The van der Waals surface area contributed by atoms with Gasteiger partial charge in [-0.25, -0.2) is 5.48 Å². The van der Waals surface area contributed by atoms with E-state index in [0.29, 0.717) is 0 Å².